The first-order valence-electron chi connectivity index (χ1n) is 5.54. The second-order valence-corrected chi connectivity index (χ2v) is 4.19. The Labute approximate surface area is 107 Å². The highest BCUT2D eigenvalue weighted by Crippen LogP contribution is 2.30. The molecule has 0 saturated carbocycles. The van der Waals surface area contributed by atoms with Crippen LogP contribution in [0.15, 0.2) is 27.1 Å². The van der Waals surface area contributed by atoms with Crippen LogP contribution in [0.2, 0.25) is 0 Å². The molecular weight excluding hydrogens is 258 g/mol. The molecule has 3 rings (SSSR count). The predicted octanol–water partition coefficient (Wildman–Crippen LogP) is -3.04. The molecule has 1 fully saturated rings. The molecule has 3 aliphatic rings. The maximum Gasteiger partial charge on any atom is 0.202 e. The van der Waals surface area contributed by atoms with Crippen molar-refractivity contribution in [2.24, 2.45) is 21.2 Å². The van der Waals surface area contributed by atoms with Gasteiger partial charge in [-0.1, -0.05) is 0 Å². The Morgan fingerprint density at radius 2 is 2.21 bits per heavy atom. The van der Waals surface area contributed by atoms with Gasteiger partial charge < -0.3 is 25.8 Å². The third-order valence-electron chi connectivity index (χ3n) is 3.05. The van der Waals surface area contributed by atoms with E-state index in [1.54, 1.807) is 0 Å². The molecular formula is C8H13N7O4. The summed E-state index contributed by atoms with van der Waals surface area (Å²) in [4.78, 5) is 1.41. The quantitative estimate of drug-likeness (QED) is 0.355. The number of nitrogens with two attached hydrogens (primary N) is 1. The molecule has 0 amide bonds. The van der Waals surface area contributed by atoms with Crippen LogP contribution < -0.4 is 11.3 Å². The summed E-state index contributed by atoms with van der Waals surface area (Å²) in [7, 11) is 0. The fraction of sp³-hybridized carbons (Fsp3) is 0.625. The number of rotatable bonds is 2. The maximum atomic E-state index is 9.95. The Balaban J connectivity index is 1.87. The largest absolute Gasteiger partial charge is 0.394 e. The Bertz CT molecular complexity index is 466. The van der Waals surface area contributed by atoms with Crippen molar-refractivity contribution in [3.05, 3.63) is 11.6 Å². The maximum absolute atomic E-state index is 9.95. The van der Waals surface area contributed by atoms with Crippen LogP contribution in [-0.4, -0.2) is 62.8 Å². The molecule has 1 saturated heterocycles. The number of aliphatic hydroxyl groups excluding tert-OH is 3. The van der Waals surface area contributed by atoms with Crippen molar-refractivity contribution < 1.29 is 20.1 Å². The molecule has 6 N–H and O–H groups in total. The van der Waals surface area contributed by atoms with Crippen molar-refractivity contribution in [2.45, 2.75) is 24.5 Å². The van der Waals surface area contributed by atoms with E-state index in [0.717, 1.165) is 0 Å². The van der Waals surface area contributed by atoms with Crippen molar-refractivity contribution in [2.75, 3.05) is 6.61 Å². The van der Waals surface area contributed by atoms with Crippen molar-refractivity contribution in [3.63, 3.8) is 0 Å². The number of hydrazine groups is 1. The van der Waals surface area contributed by atoms with Crippen molar-refractivity contribution in [1.29, 1.82) is 0 Å². The molecule has 0 aromatic rings. The lowest BCUT2D eigenvalue weighted by Crippen LogP contribution is -2.45. The number of hydrogen-bond donors (Lipinski definition) is 5. The van der Waals surface area contributed by atoms with E-state index in [9.17, 15) is 10.2 Å². The van der Waals surface area contributed by atoms with Crippen LogP contribution in [0.1, 0.15) is 0 Å². The summed E-state index contributed by atoms with van der Waals surface area (Å²) in [6.07, 6.45) is -2.86. The molecule has 104 valence electrons. The Hall–Kier alpha value is -1.95. The van der Waals surface area contributed by atoms with E-state index in [0.29, 0.717) is 5.82 Å². The summed E-state index contributed by atoms with van der Waals surface area (Å²) >= 11 is 0. The lowest BCUT2D eigenvalue weighted by Gasteiger charge is -2.29. The zero-order valence-corrected chi connectivity index (χ0v) is 9.66. The standard InChI is InChI=1S/C8H13N7O4/c9-6-7-14(2-10-15(7)13-12-11-6)8-5(18)4(17)3(1-16)19-8/h2-5,8,16-18H,1,9H2,(H,11,13)/t3-,4-,5-,8?/m1/s1. The van der Waals surface area contributed by atoms with Gasteiger partial charge in [-0.05, 0) is 5.22 Å². The van der Waals surface area contributed by atoms with Gasteiger partial charge in [0.05, 0.1) is 6.61 Å². The second-order valence-electron chi connectivity index (χ2n) is 4.19. The third-order valence-corrected chi connectivity index (χ3v) is 3.05. The molecule has 0 radical (unpaired) electrons. The molecule has 1 unspecified atom stereocenters. The molecule has 0 spiro atoms. The molecule has 11 heteroatoms. The van der Waals surface area contributed by atoms with Crippen LogP contribution in [-0.2, 0) is 4.74 Å². The van der Waals surface area contributed by atoms with Gasteiger partial charge in [0, 0.05) is 0 Å². The summed E-state index contributed by atoms with van der Waals surface area (Å²) in [6.45, 7) is -0.407. The molecule has 0 aliphatic carbocycles. The van der Waals surface area contributed by atoms with Crippen molar-refractivity contribution >= 4 is 6.34 Å². The molecule has 0 aromatic heterocycles. The SMILES string of the molecule is NC1=C2N(N=CN2C2O[C@H](CO)[C@@H](O)[C@H]2O)NN=N1. The number of hydrazone groups is 1. The first kappa shape index (κ1) is 12.1. The van der Waals surface area contributed by atoms with Gasteiger partial charge in [-0.3, -0.25) is 4.90 Å². The van der Waals surface area contributed by atoms with E-state index in [4.69, 9.17) is 15.6 Å². The highest BCUT2D eigenvalue weighted by molar-refractivity contribution is 5.61. The minimum Gasteiger partial charge on any atom is -0.394 e. The second kappa shape index (κ2) is 4.31. The van der Waals surface area contributed by atoms with E-state index in [-0.39, 0.29) is 5.82 Å². The van der Waals surface area contributed by atoms with Gasteiger partial charge in [0.1, 0.15) is 24.7 Å². The van der Waals surface area contributed by atoms with Crippen molar-refractivity contribution in [3.8, 4) is 0 Å². The van der Waals surface area contributed by atoms with Gasteiger partial charge in [-0.15, -0.1) is 15.3 Å². The number of aliphatic hydroxyl groups is 3. The minimum absolute atomic E-state index is 0.0778. The number of hydrogen-bond acceptors (Lipinski definition) is 11. The summed E-state index contributed by atoms with van der Waals surface area (Å²) in [5, 5.41) is 41.1. The minimum atomic E-state index is -1.22. The van der Waals surface area contributed by atoms with Gasteiger partial charge in [-0.2, -0.15) is 5.53 Å². The molecule has 19 heavy (non-hydrogen) atoms. The smallest absolute Gasteiger partial charge is 0.202 e. The summed E-state index contributed by atoms with van der Waals surface area (Å²) in [5.41, 5.74) is 8.17. The Kier molecular flexibility index (Phi) is 2.74. The Morgan fingerprint density at radius 3 is 2.89 bits per heavy atom. The Morgan fingerprint density at radius 1 is 1.42 bits per heavy atom. The van der Waals surface area contributed by atoms with Crippen LogP contribution in [0.4, 0.5) is 0 Å². The van der Waals surface area contributed by atoms with Crippen LogP contribution in [0.25, 0.3) is 0 Å². The van der Waals surface area contributed by atoms with E-state index < -0.39 is 31.1 Å². The van der Waals surface area contributed by atoms with Crippen LogP contribution in [0, 0.1) is 0 Å². The highest BCUT2D eigenvalue weighted by Gasteiger charge is 2.48. The van der Waals surface area contributed by atoms with E-state index in [1.807, 2.05) is 0 Å². The lowest BCUT2D eigenvalue weighted by atomic mass is 10.1. The molecule has 0 bridgehead atoms. The van der Waals surface area contributed by atoms with E-state index >= 15 is 0 Å². The third kappa shape index (κ3) is 1.71. The van der Waals surface area contributed by atoms with Gasteiger partial charge in [-0.25, -0.2) is 0 Å². The van der Waals surface area contributed by atoms with Gasteiger partial charge in [0.15, 0.2) is 12.0 Å². The van der Waals surface area contributed by atoms with Gasteiger partial charge in [0.25, 0.3) is 0 Å². The topological polar surface area (TPSA) is 152 Å². The number of nitrogens with zero attached hydrogens (tertiary/aromatic N) is 5. The van der Waals surface area contributed by atoms with E-state index in [1.165, 1.54) is 16.4 Å². The first-order valence-corrected chi connectivity index (χ1v) is 5.54. The lowest BCUT2D eigenvalue weighted by molar-refractivity contribution is -0.0658. The molecule has 0 aromatic carbocycles. The molecule has 3 aliphatic heterocycles. The van der Waals surface area contributed by atoms with Crippen LogP contribution in [0.5, 0.6) is 0 Å². The average molecular weight is 271 g/mol. The van der Waals surface area contributed by atoms with Crippen molar-refractivity contribution in [1.82, 2.24) is 15.6 Å². The fourth-order valence-electron chi connectivity index (χ4n) is 2.10. The molecule has 4 atom stereocenters. The number of nitrogens with one attached hydrogen (secondary N) is 1. The first-order chi connectivity index (χ1) is 9.13. The van der Waals surface area contributed by atoms with Gasteiger partial charge in [0.2, 0.25) is 5.82 Å². The number of ether oxygens (including phenoxy) is 1. The predicted molar refractivity (Wildman–Crippen MR) is 59.1 cm³/mol. The van der Waals surface area contributed by atoms with Crippen LogP contribution >= 0.6 is 0 Å². The van der Waals surface area contributed by atoms with Gasteiger partial charge >= 0.3 is 0 Å². The van der Waals surface area contributed by atoms with E-state index in [2.05, 4.69) is 21.0 Å². The molecule has 11 nitrogen and oxygen atoms in total. The zero-order valence-electron chi connectivity index (χ0n) is 9.66. The summed E-state index contributed by atoms with van der Waals surface area (Å²) < 4.78 is 5.38. The highest BCUT2D eigenvalue weighted by atomic mass is 16.6. The summed E-state index contributed by atoms with van der Waals surface area (Å²) in [6, 6.07) is 0. The fourth-order valence-corrected chi connectivity index (χ4v) is 2.10. The molecule has 3 heterocycles. The number of fused-ring (bicyclic) bond motifs is 1. The normalized spacial score (nSPS) is 37.0. The monoisotopic (exact) mass is 271 g/mol. The van der Waals surface area contributed by atoms with Crippen LogP contribution in [0.3, 0.4) is 0 Å². The average Bonchev–Trinajstić information content (AvgIpc) is 2.94. The summed E-state index contributed by atoms with van der Waals surface area (Å²) in [5.74, 6) is 0.402. The zero-order chi connectivity index (χ0) is 13.6.